The number of ether oxygens (including phenoxy) is 1. The van der Waals surface area contributed by atoms with Crippen molar-refractivity contribution in [2.75, 3.05) is 17.2 Å². The summed E-state index contributed by atoms with van der Waals surface area (Å²) in [7, 11) is 0. The molecule has 0 spiro atoms. The predicted octanol–water partition coefficient (Wildman–Crippen LogP) is 9.09. The van der Waals surface area contributed by atoms with Gasteiger partial charge in [0.25, 0.3) is 11.8 Å². The Labute approximate surface area is 304 Å². The van der Waals surface area contributed by atoms with Crippen LogP contribution in [-0.2, 0) is 9.59 Å². The van der Waals surface area contributed by atoms with Crippen molar-refractivity contribution < 1.29 is 19.1 Å². The molecule has 10 heteroatoms. The fraction of sp³-hybridized carbons (Fsp3) is 0.0732. The lowest BCUT2D eigenvalue weighted by atomic mass is 10.1. The molecular weight excluding hydrogens is 677 g/mol. The molecule has 0 radical (unpaired) electrons. The minimum atomic E-state index is -0.610. The Morgan fingerprint density at radius 1 is 0.804 bits per heavy atom. The number of amides is 3. The highest BCUT2D eigenvalue weighted by atomic mass is 32.2. The molecular formula is C41H34N4O4S2. The van der Waals surface area contributed by atoms with Crippen LogP contribution in [0.1, 0.15) is 33.7 Å². The maximum Gasteiger partial charge on any atom is 0.272 e. The number of thioether (sulfide) groups is 1. The fourth-order valence-electron chi connectivity index (χ4n) is 5.06. The summed E-state index contributed by atoms with van der Waals surface area (Å²) in [5, 5.41) is 10.5. The number of benzene rings is 5. The van der Waals surface area contributed by atoms with Gasteiger partial charge in [-0.25, -0.2) is 4.98 Å². The van der Waals surface area contributed by atoms with Gasteiger partial charge in [-0.05, 0) is 66.6 Å². The monoisotopic (exact) mass is 710 g/mol. The van der Waals surface area contributed by atoms with Crippen LogP contribution in [0.5, 0.6) is 5.75 Å². The lowest BCUT2D eigenvalue weighted by Gasteiger charge is -2.17. The maximum atomic E-state index is 13.8. The summed E-state index contributed by atoms with van der Waals surface area (Å²) in [6.07, 6.45) is 1.61. The molecule has 0 fully saturated rings. The van der Waals surface area contributed by atoms with Gasteiger partial charge in [0.05, 0.1) is 12.3 Å². The van der Waals surface area contributed by atoms with Crippen LogP contribution in [0.2, 0.25) is 0 Å². The molecule has 1 aromatic heterocycles. The third kappa shape index (κ3) is 9.60. The van der Waals surface area contributed by atoms with Crippen LogP contribution in [0, 0.1) is 0 Å². The van der Waals surface area contributed by atoms with Crippen LogP contribution in [0.25, 0.3) is 17.3 Å². The molecule has 6 aromatic rings. The third-order valence-electron chi connectivity index (χ3n) is 7.52. The Kier molecular flexibility index (Phi) is 11.7. The van der Waals surface area contributed by atoms with Crippen molar-refractivity contribution in [3.05, 3.63) is 167 Å². The van der Waals surface area contributed by atoms with Crippen LogP contribution in [0.3, 0.4) is 0 Å². The first kappa shape index (κ1) is 34.9. The van der Waals surface area contributed by atoms with Crippen molar-refractivity contribution in [3.8, 4) is 17.0 Å². The highest BCUT2D eigenvalue weighted by Gasteiger charge is 2.24. The predicted molar refractivity (Wildman–Crippen MR) is 206 cm³/mol. The molecule has 3 amide bonds. The largest absolute Gasteiger partial charge is 0.494 e. The van der Waals surface area contributed by atoms with E-state index in [1.807, 2.05) is 103 Å². The highest BCUT2D eigenvalue weighted by molar-refractivity contribution is 8.00. The SMILES string of the molecule is CCOc1ccc(/C=C(/NC(=O)c2ccccc2)C(=O)Nc2cccc(SC(C(=O)Nc3nc(-c4ccccc4)cs3)c3ccccc3)c2)cc1. The Morgan fingerprint density at radius 3 is 2.20 bits per heavy atom. The second-order valence-electron chi connectivity index (χ2n) is 11.2. The molecule has 1 atom stereocenters. The number of hydrogen-bond donors (Lipinski definition) is 3. The van der Waals surface area contributed by atoms with E-state index in [1.165, 1.54) is 23.1 Å². The first-order valence-corrected chi connectivity index (χ1v) is 18.0. The topological polar surface area (TPSA) is 109 Å². The van der Waals surface area contributed by atoms with Crippen molar-refractivity contribution in [1.82, 2.24) is 10.3 Å². The summed E-state index contributed by atoms with van der Waals surface area (Å²) in [4.78, 5) is 46.0. The van der Waals surface area contributed by atoms with Crippen LogP contribution in [0.15, 0.2) is 155 Å². The quantitative estimate of drug-likeness (QED) is 0.0815. The van der Waals surface area contributed by atoms with Gasteiger partial charge in [0, 0.05) is 27.1 Å². The summed E-state index contributed by atoms with van der Waals surface area (Å²) < 4.78 is 5.54. The molecule has 254 valence electrons. The van der Waals surface area contributed by atoms with E-state index in [1.54, 1.807) is 54.6 Å². The molecule has 0 bridgehead atoms. The number of anilines is 2. The van der Waals surface area contributed by atoms with Crippen LogP contribution >= 0.6 is 23.1 Å². The first-order valence-electron chi connectivity index (χ1n) is 16.2. The average molecular weight is 711 g/mol. The van der Waals surface area contributed by atoms with Crippen LogP contribution in [0.4, 0.5) is 10.8 Å². The van der Waals surface area contributed by atoms with Crippen LogP contribution < -0.4 is 20.7 Å². The number of aromatic nitrogens is 1. The molecule has 0 aliphatic heterocycles. The molecule has 6 rings (SSSR count). The minimum absolute atomic E-state index is 0.0610. The van der Waals surface area contributed by atoms with Gasteiger partial charge in [0.1, 0.15) is 16.7 Å². The van der Waals surface area contributed by atoms with E-state index in [-0.39, 0.29) is 11.6 Å². The lowest BCUT2D eigenvalue weighted by Crippen LogP contribution is -2.30. The van der Waals surface area contributed by atoms with E-state index < -0.39 is 17.1 Å². The van der Waals surface area contributed by atoms with Gasteiger partial charge >= 0.3 is 0 Å². The molecule has 51 heavy (non-hydrogen) atoms. The van der Waals surface area contributed by atoms with E-state index in [0.29, 0.717) is 34.3 Å². The summed E-state index contributed by atoms with van der Waals surface area (Å²) in [5.74, 6) is -0.445. The van der Waals surface area contributed by atoms with Crippen molar-refractivity contribution >= 4 is 57.7 Å². The molecule has 0 aliphatic carbocycles. The van der Waals surface area contributed by atoms with E-state index in [0.717, 1.165) is 21.7 Å². The van der Waals surface area contributed by atoms with Crippen LogP contribution in [-0.4, -0.2) is 29.3 Å². The number of thiazole rings is 1. The molecule has 0 saturated heterocycles. The summed E-state index contributed by atoms with van der Waals surface area (Å²) >= 11 is 2.72. The fourth-order valence-corrected chi connectivity index (χ4v) is 6.87. The molecule has 1 unspecified atom stereocenters. The Balaban J connectivity index is 1.21. The number of carbonyl (C=O) groups excluding carboxylic acids is 3. The summed E-state index contributed by atoms with van der Waals surface area (Å²) in [5.41, 5.74) is 4.26. The van der Waals surface area contributed by atoms with E-state index in [2.05, 4.69) is 20.9 Å². The van der Waals surface area contributed by atoms with Gasteiger partial charge in [0.15, 0.2) is 5.13 Å². The second kappa shape index (κ2) is 17.1. The first-order chi connectivity index (χ1) is 24.9. The van der Waals surface area contributed by atoms with Gasteiger partial charge in [0.2, 0.25) is 5.91 Å². The van der Waals surface area contributed by atoms with Gasteiger partial charge in [-0.3, -0.25) is 14.4 Å². The molecule has 3 N–H and O–H groups in total. The van der Waals surface area contributed by atoms with Crippen molar-refractivity contribution in [2.24, 2.45) is 0 Å². The number of rotatable bonds is 13. The molecule has 0 saturated carbocycles. The smallest absolute Gasteiger partial charge is 0.272 e. The number of hydrogen-bond acceptors (Lipinski definition) is 7. The molecule has 1 heterocycles. The summed E-state index contributed by atoms with van der Waals surface area (Å²) in [6, 6.07) is 42.5. The van der Waals surface area contributed by atoms with Crippen molar-refractivity contribution in [3.63, 3.8) is 0 Å². The number of carbonyl (C=O) groups is 3. The second-order valence-corrected chi connectivity index (χ2v) is 13.2. The lowest BCUT2D eigenvalue weighted by molar-refractivity contribution is -0.116. The molecule has 0 aliphatic rings. The zero-order chi connectivity index (χ0) is 35.4. The Morgan fingerprint density at radius 2 is 1.49 bits per heavy atom. The Bertz CT molecular complexity index is 2120. The Hall–Kier alpha value is -5.97. The zero-order valence-electron chi connectivity index (χ0n) is 27.6. The van der Waals surface area contributed by atoms with Gasteiger partial charge in [-0.15, -0.1) is 23.1 Å². The van der Waals surface area contributed by atoms with Gasteiger partial charge in [-0.2, -0.15) is 0 Å². The maximum absolute atomic E-state index is 13.8. The normalized spacial score (nSPS) is 11.7. The number of nitrogens with zero attached hydrogens (tertiary/aromatic N) is 1. The van der Waals surface area contributed by atoms with E-state index >= 15 is 0 Å². The molecule has 5 aromatic carbocycles. The van der Waals surface area contributed by atoms with Gasteiger partial charge < -0.3 is 20.7 Å². The molecule has 8 nitrogen and oxygen atoms in total. The van der Waals surface area contributed by atoms with Crippen molar-refractivity contribution in [1.29, 1.82) is 0 Å². The average Bonchev–Trinajstić information content (AvgIpc) is 3.64. The standard InChI is InChI=1S/C41H34N4O4S2/c1-2-49-33-23-21-28(22-24-33)25-35(43-38(46)31-17-10-5-11-18-31)39(47)42-32-19-12-20-34(26-32)51-37(30-15-8-4-9-16-30)40(48)45-41-44-36(27-50-41)29-13-6-3-7-14-29/h3-27,37H,2H2,1H3,(H,42,47)(H,43,46)(H,44,45,48)/b35-25+. The van der Waals surface area contributed by atoms with Gasteiger partial charge in [-0.1, -0.05) is 97.1 Å². The van der Waals surface area contributed by atoms with E-state index in [4.69, 9.17) is 4.74 Å². The zero-order valence-corrected chi connectivity index (χ0v) is 29.2. The van der Waals surface area contributed by atoms with Crippen molar-refractivity contribution in [2.45, 2.75) is 17.1 Å². The third-order valence-corrected chi connectivity index (χ3v) is 9.53. The minimum Gasteiger partial charge on any atom is -0.494 e. The number of nitrogens with one attached hydrogen (secondary N) is 3. The van der Waals surface area contributed by atoms with E-state index in [9.17, 15) is 14.4 Å². The summed E-state index contributed by atoms with van der Waals surface area (Å²) in [6.45, 7) is 2.44. The highest BCUT2D eigenvalue weighted by Crippen LogP contribution is 2.38.